The second-order valence-electron chi connectivity index (χ2n) is 12.6. The van der Waals surface area contributed by atoms with Crippen molar-refractivity contribution in [3.63, 3.8) is 0 Å². The molecule has 3 aliphatic carbocycles. The Labute approximate surface area is 244 Å². The second-order valence-corrected chi connectivity index (χ2v) is 12.6. The lowest BCUT2D eigenvalue weighted by molar-refractivity contribution is -0.274. The van der Waals surface area contributed by atoms with Gasteiger partial charge in [-0.1, -0.05) is 25.1 Å². The minimum atomic E-state index is -4.91. The number of carbonyl (C=O) groups is 3. The Morgan fingerprint density at radius 2 is 1.91 bits per heavy atom. The molecule has 4 fully saturated rings. The maximum Gasteiger partial charge on any atom is 0.573 e. The quantitative estimate of drug-likeness (QED) is 0.298. The van der Waals surface area contributed by atoms with Crippen molar-refractivity contribution in [2.75, 3.05) is 5.32 Å². The number of amides is 1. The summed E-state index contributed by atoms with van der Waals surface area (Å²) >= 11 is 0. The number of phenols is 2. The fraction of sp³-hybridized carbons (Fsp3) is 0.452. The Hall–Kier alpha value is -4.06. The predicted octanol–water partition coefficient (Wildman–Crippen LogP) is 5.66. The van der Waals surface area contributed by atoms with E-state index in [9.17, 15) is 42.9 Å². The molecule has 2 saturated carbocycles. The number of carboxylic acids is 1. The first-order valence-corrected chi connectivity index (χ1v) is 13.9. The number of aromatic hydroxyl groups is 2. The van der Waals surface area contributed by atoms with Crippen LogP contribution >= 0.6 is 0 Å². The fourth-order valence-corrected chi connectivity index (χ4v) is 8.34. The van der Waals surface area contributed by atoms with Gasteiger partial charge in [-0.25, -0.2) is 4.79 Å². The number of benzene rings is 2. The number of hydrogen-bond donors (Lipinski definition) is 4. The molecule has 4 bridgehead atoms. The molecule has 0 radical (unpaired) electrons. The lowest BCUT2D eigenvalue weighted by Crippen LogP contribution is -2.57. The number of ketones is 1. The van der Waals surface area contributed by atoms with E-state index in [-0.39, 0.29) is 53.3 Å². The fourth-order valence-electron chi connectivity index (χ4n) is 8.34. The van der Waals surface area contributed by atoms with Crippen LogP contribution in [0.25, 0.3) is 5.57 Å². The van der Waals surface area contributed by atoms with Gasteiger partial charge in [-0.15, -0.1) is 13.2 Å². The highest BCUT2D eigenvalue weighted by Crippen LogP contribution is 2.72. The summed E-state index contributed by atoms with van der Waals surface area (Å²) in [6.07, 6.45) is -1.30. The molecule has 228 valence electrons. The van der Waals surface area contributed by atoms with Crippen molar-refractivity contribution < 1.29 is 52.3 Å². The summed E-state index contributed by atoms with van der Waals surface area (Å²) in [5.41, 5.74) is -2.44. The van der Waals surface area contributed by atoms with Gasteiger partial charge < -0.3 is 30.1 Å². The van der Waals surface area contributed by atoms with E-state index in [4.69, 9.17) is 4.74 Å². The Kier molecular flexibility index (Phi) is 6.39. The molecule has 43 heavy (non-hydrogen) atoms. The van der Waals surface area contributed by atoms with Gasteiger partial charge in [-0.2, -0.15) is 0 Å². The third-order valence-electron chi connectivity index (χ3n) is 9.88. The van der Waals surface area contributed by atoms with Gasteiger partial charge in [0, 0.05) is 23.3 Å². The van der Waals surface area contributed by atoms with Crippen molar-refractivity contribution in [3.8, 4) is 17.2 Å². The SMILES string of the molecule is C[C@]12C[C@@]34C=C(c5cccc(OC(F)(F)F)c5)C(=O)[C@@](C)(CCC(=O)Nc5c(O)ccc(C(=O)O)c5O)[C@@H]3[C@H](C[C@H]1C4)O2. The number of rotatable bonds is 7. The first-order chi connectivity index (χ1) is 20.1. The summed E-state index contributed by atoms with van der Waals surface area (Å²) in [7, 11) is 0. The number of aromatic carboxylic acids is 1. The number of halogens is 3. The molecule has 0 unspecified atom stereocenters. The lowest BCUT2D eigenvalue weighted by Gasteiger charge is -2.56. The molecule has 4 N–H and O–H groups in total. The van der Waals surface area contributed by atoms with Gasteiger partial charge in [0.2, 0.25) is 5.91 Å². The van der Waals surface area contributed by atoms with Crippen LogP contribution in [0.1, 0.15) is 61.9 Å². The highest BCUT2D eigenvalue weighted by molar-refractivity contribution is 6.24. The first-order valence-electron chi connectivity index (χ1n) is 13.9. The monoisotopic (exact) mass is 601 g/mol. The van der Waals surface area contributed by atoms with Crippen molar-refractivity contribution in [2.24, 2.45) is 22.7 Å². The molecule has 1 amide bonds. The van der Waals surface area contributed by atoms with E-state index < -0.39 is 57.6 Å². The molecule has 0 aromatic heterocycles. The highest BCUT2D eigenvalue weighted by atomic mass is 19.4. The van der Waals surface area contributed by atoms with Gasteiger partial charge in [0.25, 0.3) is 0 Å². The third-order valence-corrected chi connectivity index (χ3v) is 9.88. The van der Waals surface area contributed by atoms with Crippen LogP contribution in [-0.4, -0.2) is 51.0 Å². The van der Waals surface area contributed by atoms with Crippen molar-refractivity contribution in [2.45, 2.75) is 64.0 Å². The largest absolute Gasteiger partial charge is 0.573 e. The van der Waals surface area contributed by atoms with Crippen LogP contribution in [0.3, 0.4) is 0 Å². The zero-order valence-electron chi connectivity index (χ0n) is 23.3. The van der Waals surface area contributed by atoms with Crippen molar-refractivity contribution in [1.82, 2.24) is 0 Å². The van der Waals surface area contributed by atoms with Crippen LogP contribution in [0.5, 0.6) is 17.2 Å². The topological polar surface area (TPSA) is 142 Å². The lowest BCUT2D eigenvalue weighted by atomic mass is 9.49. The van der Waals surface area contributed by atoms with Gasteiger partial charge in [0.05, 0.1) is 11.7 Å². The molecule has 2 saturated heterocycles. The number of hydrogen-bond acceptors (Lipinski definition) is 7. The molecule has 7 rings (SSSR count). The summed E-state index contributed by atoms with van der Waals surface area (Å²) in [5.74, 6) is -4.28. The standard InChI is InChI=1S/C31H30F3NO8/c1-28(9-8-22(37)35-23-20(36)7-6-18(24(23)38)27(40)41)25-21-11-16-12-30(25,14-29(16,2)43-21)13-19(26(28)39)15-4-3-5-17(10-15)42-31(32,33)34/h3-7,10,13,16,21,25,36,38H,8-9,11-12,14H2,1-2H3,(H,35,37)(H,40,41)/t16-,21-,25-,28-,29-,30+/m0/s1. The van der Waals surface area contributed by atoms with E-state index in [2.05, 4.69) is 17.0 Å². The number of carboxylic acid groups (broad SMARTS) is 1. The van der Waals surface area contributed by atoms with Crippen LogP contribution in [0.4, 0.5) is 18.9 Å². The minimum Gasteiger partial charge on any atom is -0.506 e. The van der Waals surface area contributed by atoms with Gasteiger partial charge in [-0.3, -0.25) is 9.59 Å². The van der Waals surface area contributed by atoms with Gasteiger partial charge in [0.1, 0.15) is 22.7 Å². The number of carbonyl (C=O) groups excluding carboxylic acids is 2. The van der Waals surface area contributed by atoms with Gasteiger partial charge in [0.15, 0.2) is 11.5 Å². The maximum atomic E-state index is 14.3. The second kappa shape index (κ2) is 9.47. The zero-order valence-corrected chi connectivity index (χ0v) is 23.3. The van der Waals surface area contributed by atoms with Crippen LogP contribution < -0.4 is 10.1 Å². The molecule has 2 aliphatic heterocycles. The van der Waals surface area contributed by atoms with E-state index >= 15 is 0 Å². The number of nitrogens with one attached hydrogen (secondary N) is 1. The molecule has 2 heterocycles. The molecule has 6 atom stereocenters. The molecule has 2 aromatic carbocycles. The van der Waals surface area contributed by atoms with Crippen LogP contribution in [0.2, 0.25) is 0 Å². The summed E-state index contributed by atoms with van der Waals surface area (Å²) in [4.78, 5) is 38.9. The number of ether oxygens (including phenoxy) is 2. The van der Waals surface area contributed by atoms with Crippen LogP contribution in [0.15, 0.2) is 42.5 Å². The van der Waals surface area contributed by atoms with Crippen molar-refractivity contribution >= 4 is 28.9 Å². The molecule has 1 spiro atoms. The Morgan fingerprint density at radius 3 is 2.58 bits per heavy atom. The first kappa shape index (κ1) is 29.0. The number of phenolic OH excluding ortho intramolecular Hbond substituents is 1. The highest BCUT2D eigenvalue weighted by Gasteiger charge is 2.72. The number of Topliss-reactive ketones (excluding diaryl/α,β-unsaturated/α-hetero) is 1. The smallest absolute Gasteiger partial charge is 0.506 e. The minimum absolute atomic E-state index is 0.0293. The Balaban J connectivity index is 1.33. The van der Waals surface area contributed by atoms with Crippen molar-refractivity contribution in [1.29, 1.82) is 0 Å². The summed E-state index contributed by atoms with van der Waals surface area (Å²) in [5, 5.41) is 32.1. The van der Waals surface area contributed by atoms with Crippen molar-refractivity contribution in [3.05, 3.63) is 53.6 Å². The Bertz CT molecular complexity index is 1590. The molecule has 12 heteroatoms. The molecule has 5 aliphatic rings. The summed E-state index contributed by atoms with van der Waals surface area (Å²) in [6.45, 7) is 3.81. The van der Waals surface area contributed by atoms with E-state index in [1.54, 1.807) is 13.0 Å². The van der Waals surface area contributed by atoms with E-state index in [1.807, 2.05) is 6.08 Å². The van der Waals surface area contributed by atoms with E-state index in [1.165, 1.54) is 12.1 Å². The van der Waals surface area contributed by atoms with E-state index in [0.29, 0.717) is 6.42 Å². The van der Waals surface area contributed by atoms with E-state index in [0.717, 1.165) is 31.0 Å². The van der Waals surface area contributed by atoms with Gasteiger partial charge >= 0.3 is 12.3 Å². The third kappa shape index (κ3) is 4.62. The van der Waals surface area contributed by atoms with Crippen LogP contribution in [0, 0.1) is 22.7 Å². The van der Waals surface area contributed by atoms with Gasteiger partial charge in [-0.05, 0) is 73.8 Å². The molecule has 2 aromatic rings. The number of allylic oxidation sites excluding steroid dienone is 2. The zero-order chi connectivity index (χ0) is 31.1. The number of alkyl halides is 3. The molecular weight excluding hydrogens is 571 g/mol. The Morgan fingerprint density at radius 1 is 1.16 bits per heavy atom. The summed E-state index contributed by atoms with van der Waals surface area (Å²) in [6, 6.07) is 7.34. The van der Waals surface area contributed by atoms with Crippen LogP contribution in [-0.2, 0) is 14.3 Å². The predicted molar refractivity (Wildman–Crippen MR) is 145 cm³/mol. The average Bonchev–Trinajstić information content (AvgIpc) is 3.27. The maximum absolute atomic E-state index is 14.3. The molecular formula is C31H30F3NO8. The summed E-state index contributed by atoms with van der Waals surface area (Å²) < 4.78 is 49.5. The normalized spacial score (nSPS) is 32.3. The molecule has 9 nitrogen and oxygen atoms in total. The average molecular weight is 602 g/mol. The number of anilines is 1.